The summed E-state index contributed by atoms with van der Waals surface area (Å²) in [6, 6.07) is 2.16. The zero-order valence-corrected chi connectivity index (χ0v) is 11.0. The Morgan fingerprint density at radius 1 is 1.62 bits per heavy atom. The van der Waals surface area contributed by atoms with E-state index in [1.807, 2.05) is 6.26 Å². The van der Waals surface area contributed by atoms with Crippen LogP contribution in [0, 0.1) is 11.3 Å². The molecule has 16 heavy (non-hydrogen) atoms. The summed E-state index contributed by atoms with van der Waals surface area (Å²) in [6.45, 7) is 6.26. The van der Waals surface area contributed by atoms with Crippen molar-refractivity contribution in [2.45, 2.75) is 24.5 Å². The Labute approximate surface area is 102 Å². The monoisotopic (exact) mass is 241 g/mol. The predicted octanol–water partition coefficient (Wildman–Crippen LogP) is 3.10. The number of hydrogen-bond donors (Lipinski definition) is 0. The van der Waals surface area contributed by atoms with Crippen LogP contribution in [-0.4, -0.2) is 24.7 Å². The number of thioether (sulfide) groups is 1. The topological polar surface area (TPSA) is 42.2 Å². The van der Waals surface area contributed by atoms with E-state index in [4.69, 9.17) is 14.7 Å². The minimum Gasteiger partial charge on any atom is -0.501 e. The molecule has 0 aromatic heterocycles. The Balaban J connectivity index is 4.27. The van der Waals surface area contributed by atoms with Crippen LogP contribution in [-0.2, 0) is 9.47 Å². The number of methoxy groups -OCH3 is 1. The van der Waals surface area contributed by atoms with Gasteiger partial charge in [0, 0.05) is 11.2 Å². The average molecular weight is 241 g/mol. The summed E-state index contributed by atoms with van der Waals surface area (Å²) >= 11 is 1.70. The third-order valence-electron chi connectivity index (χ3n) is 2.24. The highest BCUT2D eigenvalue weighted by Gasteiger charge is 2.23. The molecule has 0 aromatic rings. The van der Waals surface area contributed by atoms with E-state index in [0.29, 0.717) is 18.8 Å². The molecule has 0 fully saturated rings. The van der Waals surface area contributed by atoms with Gasteiger partial charge in [0.05, 0.1) is 13.2 Å². The van der Waals surface area contributed by atoms with Crippen LogP contribution in [0.15, 0.2) is 24.7 Å². The highest BCUT2D eigenvalue weighted by Crippen LogP contribution is 2.28. The maximum Gasteiger partial charge on any atom is 0.153 e. The molecule has 1 atom stereocenters. The molecule has 0 radical (unpaired) electrons. The van der Waals surface area contributed by atoms with E-state index in [2.05, 4.69) is 19.6 Å². The first-order valence-corrected chi connectivity index (χ1v) is 6.24. The second-order valence-electron chi connectivity index (χ2n) is 3.56. The minimum absolute atomic E-state index is 0.0500. The maximum atomic E-state index is 8.59. The van der Waals surface area contributed by atoms with Gasteiger partial charge in [-0.3, -0.25) is 0 Å². The lowest BCUT2D eigenvalue weighted by Gasteiger charge is -2.26. The first-order valence-electron chi connectivity index (χ1n) is 5.02. The lowest BCUT2D eigenvalue weighted by atomic mass is 10.1. The summed E-state index contributed by atoms with van der Waals surface area (Å²) < 4.78 is 10.4. The van der Waals surface area contributed by atoms with Crippen LogP contribution < -0.4 is 0 Å². The van der Waals surface area contributed by atoms with Gasteiger partial charge < -0.3 is 9.47 Å². The highest BCUT2D eigenvalue weighted by atomic mass is 32.2. The van der Waals surface area contributed by atoms with Gasteiger partial charge in [-0.05, 0) is 25.7 Å². The van der Waals surface area contributed by atoms with Crippen LogP contribution in [0.4, 0.5) is 0 Å². The zero-order valence-electron chi connectivity index (χ0n) is 10.2. The number of allylic oxidation sites excluding steroid dienone is 1. The molecule has 0 saturated heterocycles. The highest BCUT2D eigenvalue weighted by molar-refractivity contribution is 8.00. The molecule has 0 spiro atoms. The predicted molar refractivity (Wildman–Crippen MR) is 68.0 cm³/mol. The zero-order chi connectivity index (χ0) is 12.4. The fourth-order valence-electron chi connectivity index (χ4n) is 1.05. The second kappa shape index (κ2) is 8.12. The van der Waals surface area contributed by atoms with Crippen LogP contribution in [0.5, 0.6) is 0 Å². The van der Waals surface area contributed by atoms with Crippen molar-refractivity contribution in [3.63, 3.8) is 0 Å². The molecule has 0 saturated carbocycles. The van der Waals surface area contributed by atoms with Crippen molar-refractivity contribution in [3.05, 3.63) is 24.7 Å². The van der Waals surface area contributed by atoms with Crippen molar-refractivity contribution in [2.24, 2.45) is 0 Å². The SMILES string of the molecule is C=C/C(=C\OC)OC[C@@](C)(CCC#N)SC. The van der Waals surface area contributed by atoms with Crippen molar-refractivity contribution < 1.29 is 9.47 Å². The lowest BCUT2D eigenvalue weighted by Crippen LogP contribution is -2.26. The number of ether oxygens (including phenoxy) is 2. The standard InChI is InChI=1S/C12H19NO2S/c1-5-11(9-14-3)15-10-12(2,16-4)7-6-8-13/h5,9H,1,6-7,10H2,2-4H3/b11-9+/t12-/m1/s1. The molecule has 0 bridgehead atoms. The number of hydrogen-bond acceptors (Lipinski definition) is 4. The summed E-state index contributed by atoms with van der Waals surface area (Å²) in [5.74, 6) is 0.611. The van der Waals surface area contributed by atoms with E-state index >= 15 is 0 Å². The fraction of sp³-hybridized carbons (Fsp3) is 0.583. The summed E-state index contributed by atoms with van der Waals surface area (Å²) in [6.07, 6.45) is 6.49. The van der Waals surface area contributed by atoms with Crippen LogP contribution in [0.25, 0.3) is 0 Å². The van der Waals surface area contributed by atoms with Gasteiger partial charge in [-0.2, -0.15) is 17.0 Å². The van der Waals surface area contributed by atoms with E-state index in [1.165, 1.54) is 6.26 Å². The molecule has 3 nitrogen and oxygen atoms in total. The van der Waals surface area contributed by atoms with Crippen LogP contribution in [0.2, 0.25) is 0 Å². The van der Waals surface area contributed by atoms with Gasteiger partial charge in [0.25, 0.3) is 0 Å². The van der Waals surface area contributed by atoms with E-state index in [0.717, 1.165) is 6.42 Å². The largest absolute Gasteiger partial charge is 0.501 e. The molecule has 0 unspecified atom stereocenters. The molecule has 0 aromatic carbocycles. The quantitative estimate of drug-likeness (QED) is 0.484. The lowest BCUT2D eigenvalue weighted by molar-refractivity contribution is 0.178. The molecule has 0 aliphatic heterocycles. The smallest absolute Gasteiger partial charge is 0.153 e. The molecule has 0 rings (SSSR count). The Hall–Kier alpha value is -1.08. The summed E-state index contributed by atoms with van der Waals surface area (Å²) in [5.41, 5.74) is 0. The fourth-order valence-corrected chi connectivity index (χ4v) is 1.53. The van der Waals surface area contributed by atoms with Gasteiger partial charge in [0.15, 0.2) is 5.76 Å². The summed E-state index contributed by atoms with van der Waals surface area (Å²) in [7, 11) is 1.57. The normalized spacial score (nSPS) is 14.8. The van der Waals surface area contributed by atoms with Gasteiger partial charge in [0.1, 0.15) is 12.9 Å². The van der Waals surface area contributed by atoms with E-state index in [9.17, 15) is 0 Å². The third-order valence-corrected chi connectivity index (χ3v) is 3.55. The van der Waals surface area contributed by atoms with Crippen LogP contribution in [0.3, 0.4) is 0 Å². The Morgan fingerprint density at radius 3 is 2.75 bits per heavy atom. The molecule has 4 heteroatoms. The first kappa shape index (κ1) is 14.9. The Bertz CT molecular complexity index is 283. The molecule has 90 valence electrons. The number of nitriles is 1. The molecule has 0 aliphatic carbocycles. The van der Waals surface area contributed by atoms with E-state index in [1.54, 1.807) is 24.9 Å². The van der Waals surface area contributed by atoms with Crippen molar-refractivity contribution in [1.29, 1.82) is 5.26 Å². The van der Waals surface area contributed by atoms with E-state index < -0.39 is 0 Å². The van der Waals surface area contributed by atoms with Crippen molar-refractivity contribution in [2.75, 3.05) is 20.0 Å². The van der Waals surface area contributed by atoms with Gasteiger partial charge in [0.2, 0.25) is 0 Å². The van der Waals surface area contributed by atoms with Crippen molar-refractivity contribution in [3.8, 4) is 6.07 Å². The van der Waals surface area contributed by atoms with Gasteiger partial charge >= 0.3 is 0 Å². The molecule has 0 N–H and O–H groups in total. The Morgan fingerprint density at radius 2 is 2.31 bits per heavy atom. The summed E-state index contributed by atoms with van der Waals surface area (Å²) in [5, 5.41) is 8.59. The first-order chi connectivity index (χ1) is 7.61. The van der Waals surface area contributed by atoms with Gasteiger partial charge in [-0.25, -0.2) is 0 Å². The van der Waals surface area contributed by atoms with Gasteiger partial charge in [-0.1, -0.05) is 6.58 Å². The number of rotatable bonds is 8. The minimum atomic E-state index is -0.0500. The maximum absolute atomic E-state index is 8.59. The number of nitrogens with zero attached hydrogens (tertiary/aromatic N) is 1. The Kier molecular flexibility index (Phi) is 7.57. The summed E-state index contributed by atoms with van der Waals surface area (Å²) in [4.78, 5) is 0. The van der Waals surface area contributed by atoms with Crippen molar-refractivity contribution in [1.82, 2.24) is 0 Å². The second-order valence-corrected chi connectivity index (χ2v) is 4.95. The van der Waals surface area contributed by atoms with Crippen LogP contribution >= 0.6 is 11.8 Å². The molecular formula is C12H19NO2S. The van der Waals surface area contributed by atoms with Gasteiger partial charge in [-0.15, -0.1) is 0 Å². The van der Waals surface area contributed by atoms with Crippen molar-refractivity contribution >= 4 is 11.8 Å². The van der Waals surface area contributed by atoms with Crippen LogP contribution in [0.1, 0.15) is 19.8 Å². The third kappa shape index (κ3) is 5.72. The average Bonchev–Trinajstić information content (AvgIpc) is 2.32. The van der Waals surface area contributed by atoms with E-state index in [-0.39, 0.29) is 4.75 Å². The molecule has 0 aliphatic rings. The molecular weight excluding hydrogens is 222 g/mol. The molecule has 0 heterocycles. The molecule has 0 amide bonds.